The molecule has 160 valence electrons. The van der Waals surface area contributed by atoms with Gasteiger partial charge in [0, 0.05) is 25.4 Å². The van der Waals surface area contributed by atoms with Crippen molar-refractivity contribution in [3.05, 3.63) is 23.8 Å². The van der Waals surface area contributed by atoms with Crippen molar-refractivity contribution in [3.8, 4) is 11.5 Å². The Balaban J connectivity index is 1.90. The number of fused-ring (bicyclic) bond motifs is 1. The summed E-state index contributed by atoms with van der Waals surface area (Å²) in [5.74, 6) is -2.68. The minimum absolute atomic E-state index is 0.0224. The highest BCUT2D eigenvalue weighted by molar-refractivity contribution is 7.99. The van der Waals surface area contributed by atoms with Gasteiger partial charge in [-0.2, -0.15) is 11.8 Å². The molecule has 0 radical (unpaired) electrons. The minimum atomic E-state index is -1.24. The molecule has 0 aliphatic carbocycles. The molecule has 1 aromatic carbocycles. The zero-order valence-corrected chi connectivity index (χ0v) is 16.9. The number of carbonyl (C=O) groups is 3. The van der Waals surface area contributed by atoms with Crippen LogP contribution in [0.3, 0.4) is 0 Å². The second kappa shape index (κ2) is 9.33. The van der Waals surface area contributed by atoms with Gasteiger partial charge in [-0.25, -0.2) is 4.79 Å². The zero-order chi connectivity index (χ0) is 21.8. The predicted molar refractivity (Wildman–Crippen MR) is 106 cm³/mol. The number of carboxylic acids is 2. The number of hydrogen-bond donors (Lipinski definition) is 5. The fraction of sp³-hybridized carbons (Fsp3) is 0.500. The number of ether oxygens (including phenoxy) is 2. The van der Waals surface area contributed by atoms with E-state index in [9.17, 15) is 19.5 Å². The number of aliphatic carboxylic acids is 2. The predicted octanol–water partition coefficient (Wildman–Crippen LogP) is -0.222. The maximum atomic E-state index is 12.3. The van der Waals surface area contributed by atoms with E-state index in [2.05, 4.69) is 5.32 Å². The fourth-order valence-electron chi connectivity index (χ4n) is 2.58. The number of benzene rings is 1. The summed E-state index contributed by atoms with van der Waals surface area (Å²) in [5, 5.41) is 20.4. The Morgan fingerprint density at radius 3 is 2.34 bits per heavy atom. The molecule has 1 aliphatic rings. The summed E-state index contributed by atoms with van der Waals surface area (Å²) < 4.78 is 11.3. The molecule has 11 heteroatoms. The highest BCUT2D eigenvalue weighted by Crippen LogP contribution is 2.39. The first kappa shape index (κ1) is 22.8. The number of hydrogen-bond acceptors (Lipinski definition) is 8. The molecular weight excluding hydrogens is 402 g/mol. The van der Waals surface area contributed by atoms with Crippen molar-refractivity contribution >= 4 is 29.6 Å². The lowest BCUT2D eigenvalue weighted by Gasteiger charge is -2.18. The van der Waals surface area contributed by atoms with Crippen molar-refractivity contribution < 1.29 is 34.1 Å². The Hall–Kier alpha value is -2.50. The van der Waals surface area contributed by atoms with Crippen LogP contribution in [-0.2, 0) is 20.8 Å². The van der Waals surface area contributed by atoms with Crippen molar-refractivity contribution in [2.24, 2.45) is 11.5 Å². The van der Waals surface area contributed by atoms with E-state index in [0.29, 0.717) is 11.5 Å². The second-order valence-corrected chi connectivity index (χ2v) is 8.15. The average Bonchev–Trinajstić information content (AvgIpc) is 2.93. The van der Waals surface area contributed by atoms with E-state index in [1.165, 1.54) is 0 Å². The maximum Gasteiger partial charge on any atom is 0.327 e. The summed E-state index contributed by atoms with van der Waals surface area (Å²) in [4.78, 5) is 34.4. The van der Waals surface area contributed by atoms with E-state index in [4.69, 9.17) is 26.0 Å². The molecule has 10 nitrogen and oxygen atoms in total. The normalized spacial score (nSPS) is 17.2. The number of thioether (sulfide) groups is 1. The Morgan fingerprint density at radius 1 is 1.07 bits per heavy atom. The molecular formula is C18H25N3O7S. The molecule has 0 saturated heterocycles. The molecule has 0 bridgehead atoms. The lowest BCUT2D eigenvalue weighted by Crippen LogP contribution is -2.50. The van der Waals surface area contributed by atoms with Crippen molar-refractivity contribution in [1.82, 2.24) is 5.32 Å². The van der Waals surface area contributed by atoms with Gasteiger partial charge in [0.15, 0.2) is 11.5 Å². The first-order valence-electron chi connectivity index (χ1n) is 8.84. The quantitative estimate of drug-likeness (QED) is 0.336. The molecule has 0 spiro atoms. The van der Waals surface area contributed by atoms with E-state index < -0.39 is 41.8 Å². The number of carboxylic acid groups (broad SMARTS) is 2. The largest absolute Gasteiger partial charge is 0.480 e. The molecule has 1 aliphatic heterocycles. The van der Waals surface area contributed by atoms with Gasteiger partial charge in [-0.05, 0) is 24.1 Å². The van der Waals surface area contributed by atoms with Crippen molar-refractivity contribution in [2.45, 2.75) is 44.2 Å². The summed E-state index contributed by atoms with van der Waals surface area (Å²) in [6.07, 6.45) is 0.173. The van der Waals surface area contributed by atoms with Crippen LogP contribution in [0.15, 0.2) is 18.2 Å². The van der Waals surface area contributed by atoms with Gasteiger partial charge in [0.25, 0.3) is 0 Å². The molecule has 0 saturated carbocycles. The summed E-state index contributed by atoms with van der Waals surface area (Å²) >= 11 is 1.02. The van der Waals surface area contributed by atoms with Crippen molar-refractivity contribution in [3.63, 3.8) is 0 Å². The smallest absolute Gasteiger partial charge is 0.327 e. The molecule has 0 fully saturated rings. The van der Waals surface area contributed by atoms with E-state index in [-0.39, 0.29) is 17.9 Å². The van der Waals surface area contributed by atoms with Gasteiger partial charge in [0.2, 0.25) is 11.7 Å². The van der Waals surface area contributed by atoms with E-state index >= 15 is 0 Å². The Morgan fingerprint density at radius 2 is 1.72 bits per heavy atom. The number of nitrogens with two attached hydrogens (primary N) is 2. The first-order chi connectivity index (χ1) is 13.5. The van der Waals surface area contributed by atoms with E-state index in [1.807, 2.05) is 0 Å². The summed E-state index contributed by atoms with van der Waals surface area (Å²) in [7, 11) is 0. The average molecular weight is 427 g/mol. The third-order valence-electron chi connectivity index (χ3n) is 4.03. The van der Waals surface area contributed by atoms with Gasteiger partial charge < -0.3 is 36.5 Å². The number of carbonyl (C=O) groups excluding carboxylic acids is 1. The molecule has 2 rings (SSSR count). The van der Waals surface area contributed by atoms with E-state index in [1.54, 1.807) is 32.0 Å². The Kier molecular flexibility index (Phi) is 7.33. The van der Waals surface area contributed by atoms with Gasteiger partial charge >= 0.3 is 11.9 Å². The van der Waals surface area contributed by atoms with Gasteiger partial charge in [0.05, 0.1) is 6.04 Å². The molecule has 0 aromatic heterocycles. The molecule has 29 heavy (non-hydrogen) atoms. The summed E-state index contributed by atoms with van der Waals surface area (Å²) in [6.45, 7) is 3.55. The van der Waals surface area contributed by atoms with Crippen LogP contribution in [0, 0.1) is 0 Å². The van der Waals surface area contributed by atoms with Crippen LogP contribution in [0.2, 0.25) is 0 Å². The van der Waals surface area contributed by atoms with Gasteiger partial charge in [-0.3, -0.25) is 9.59 Å². The van der Waals surface area contributed by atoms with Gasteiger partial charge in [-0.15, -0.1) is 0 Å². The molecule has 3 atom stereocenters. The monoisotopic (exact) mass is 427 g/mol. The Labute approximate surface area is 171 Å². The van der Waals surface area contributed by atoms with Crippen molar-refractivity contribution in [1.29, 1.82) is 0 Å². The second-order valence-electron chi connectivity index (χ2n) is 7.08. The molecule has 1 heterocycles. The summed E-state index contributed by atoms with van der Waals surface area (Å²) in [5.41, 5.74) is 12.0. The van der Waals surface area contributed by atoms with Crippen molar-refractivity contribution in [2.75, 3.05) is 11.5 Å². The highest BCUT2D eigenvalue weighted by atomic mass is 32.2. The lowest BCUT2D eigenvalue weighted by atomic mass is 10.1. The minimum Gasteiger partial charge on any atom is -0.480 e. The van der Waals surface area contributed by atoms with Crippen LogP contribution in [0.25, 0.3) is 0 Å². The maximum absolute atomic E-state index is 12.3. The standard InChI is InChI=1S/C18H25N3O7S/c1-18(2)27-13-4-3-9(6-14(13)28-18)5-10(19)15(22)21-12(17(25)26)8-29-7-11(20)16(23)24/h3-4,6,10-12H,5,7-8,19-20H2,1-2H3,(H,21,22)(H,23,24)(H,25,26)/t10-,11-,12+/m0/s1. The Bertz CT molecular complexity index is 787. The SMILES string of the molecule is CC1(C)Oc2ccc(C[C@H](N)C(=O)N[C@H](CSC[C@H](N)C(=O)O)C(=O)O)cc2O1. The third kappa shape index (κ3) is 6.51. The first-order valence-corrected chi connectivity index (χ1v) is 10.00. The van der Waals surface area contributed by atoms with Crippen LogP contribution in [0.1, 0.15) is 19.4 Å². The molecule has 1 amide bonds. The molecule has 0 unspecified atom stereocenters. The van der Waals surface area contributed by atoms with Crippen LogP contribution in [0.4, 0.5) is 0 Å². The van der Waals surface area contributed by atoms with Crippen LogP contribution in [0.5, 0.6) is 11.5 Å². The highest BCUT2D eigenvalue weighted by Gasteiger charge is 2.32. The number of nitrogens with one attached hydrogen (secondary N) is 1. The van der Waals surface area contributed by atoms with E-state index in [0.717, 1.165) is 17.3 Å². The summed E-state index contributed by atoms with van der Waals surface area (Å²) in [6, 6.07) is 1.92. The van der Waals surface area contributed by atoms with Crippen LogP contribution < -0.4 is 26.3 Å². The number of amides is 1. The fourth-order valence-corrected chi connectivity index (χ4v) is 3.57. The lowest BCUT2D eigenvalue weighted by molar-refractivity contribution is -0.141. The topological polar surface area (TPSA) is 174 Å². The third-order valence-corrected chi connectivity index (χ3v) is 5.19. The van der Waals surface area contributed by atoms with Crippen LogP contribution >= 0.6 is 11.8 Å². The number of rotatable bonds is 10. The van der Waals surface area contributed by atoms with Gasteiger partial charge in [0.1, 0.15) is 12.1 Å². The zero-order valence-electron chi connectivity index (χ0n) is 16.1. The molecule has 1 aromatic rings. The van der Waals surface area contributed by atoms with Gasteiger partial charge in [-0.1, -0.05) is 6.07 Å². The molecule has 7 N–H and O–H groups in total. The van der Waals surface area contributed by atoms with Crippen LogP contribution in [-0.4, -0.2) is 63.5 Å².